The lowest BCUT2D eigenvalue weighted by Crippen LogP contribution is -1.85. The van der Waals surface area contributed by atoms with Crippen LogP contribution in [0.2, 0.25) is 0 Å². The third-order valence-electron chi connectivity index (χ3n) is 4.06. The molecule has 0 aliphatic heterocycles. The van der Waals surface area contributed by atoms with Gasteiger partial charge < -0.3 is 4.98 Å². The number of aromatic amines is 2. The highest BCUT2D eigenvalue weighted by atomic mass is 15.2. The number of rotatable bonds is 2. The average molecular weight is 312 g/mol. The topological polar surface area (TPSA) is 83.1 Å². The molecule has 5 rings (SSSR count). The quantitative estimate of drug-likeness (QED) is 0.522. The van der Waals surface area contributed by atoms with E-state index in [2.05, 4.69) is 42.3 Å². The van der Waals surface area contributed by atoms with Crippen molar-refractivity contribution in [3.63, 3.8) is 0 Å². The van der Waals surface area contributed by atoms with E-state index in [1.165, 1.54) is 0 Å². The second-order valence-electron chi connectivity index (χ2n) is 5.55. The molecular formula is C18H12N6. The van der Waals surface area contributed by atoms with E-state index >= 15 is 0 Å². The van der Waals surface area contributed by atoms with Crippen LogP contribution < -0.4 is 0 Å². The summed E-state index contributed by atoms with van der Waals surface area (Å²) in [7, 11) is 0. The largest absolute Gasteiger partial charge is 0.353 e. The van der Waals surface area contributed by atoms with Crippen molar-refractivity contribution >= 4 is 21.9 Å². The highest BCUT2D eigenvalue weighted by Crippen LogP contribution is 2.29. The molecule has 0 fully saturated rings. The fraction of sp³-hybridized carbons (Fsp3) is 0. The third kappa shape index (κ3) is 1.97. The van der Waals surface area contributed by atoms with Crippen LogP contribution in [0.3, 0.4) is 0 Å². The molecule has 0 aromatic carbocycles. The third-order valence-corrected chi connectivity index (χ3v) is 4.06. The van der Waals surface area contributed by atoms with E-state index in [0.29, 0.717) is 5.65 Å². The number of hydrogen-bond acceptors (Lipinski definition) is 4. The first-order valence-corrected chi connectivity index (χ1v) is 7.57. The molecule has 5 heterocycles. The molecule has 0 unspecified atom stereocenters. The number of nitrogens with zero attached hydrogens (tertiary/aromatic N) is 4. The summed E-state index contributed by atoms with van der Waals surface area (Å²) in [4.78, 5) is 16.4. The van der Waals surface area contributed by atoms with E-state index in [9.17, 15) is 0 Å². The Morgan fingerprint density at radius 3 is 2.79 bits per heavy atom. The van der Waals surface area contributed by atoms with E-state index < -0.39 is 0 Å². The fourth-order valence-corrected chi connectivity index (χ4v) is 2.89. The average Bonchev–Trinajstić information content (AvgIpc) is 3.25. The minimum Gasteiger partial charge on any atom is -0.353 e. The molecule has 0 amide bonds. The van der Waals surface area contributed by atoms with Gasteiger partial charge in [-0.1, -0.05) is 6.07 Å². The number of aromatic nitrogens is 6. The summed E-state index contributed by atoms with van der Waals surface area (Å²) in [5, 5.41) is 9.41. The molecule has 0 radical (unpaired) electrons. The number of fused-ring (bicyclic) bond motifs is 2. The van der Waals surface area contributed by atoms with Crippen LogP contribution in [0.25, 0.3) is 44.6 Å². The Hall–Kier alpha value is -3.54. The minimum atomic E-state index is 0.682. The molecular weight excluding hydrogens is 300 g/mol. The SMILES string of the molecule is c1ccc(-c2cnc3n[nH]c(-c4cc5cnccc5[nH]4)c3c2)nc1. The summed E-state index contributed by atoms with van der Waals surface area (Å²) in [6.07, 6.45) is 7.19. The van der Waals surface area contributed by atoms with Gasteiger partial charge in [0.25, 0.3) is 0 Å². The van der Waals surface area contributed by atoms with Crippen molar-refractivity contribution in [3.05, 3.63) is 61.2 Å². The van der Waals surface area contributed by atoms with Gasteiger partial charge in [-0.3, -0.25) is 15.1 Å². The summed E-state index contributed by atoms with van der Waals surface area (Å²) < 4.78 is 0. The zero-order valence-corrected chi connectivity index (χ0v) is 12.6. The van der Waals surface area contributed by atoms with Gasteiger partial charge >= 0.3 is 0 Å². The molecule has 0 aliphatic carbocycles. The predicted molar refractivity (Wildman–Crippen MR) is 92.2 cm³/mol. The normalized spacial score (nSPS) is 11.3. The second-order valence-corrected chi connectivity index (χ2v) is 5.55. The van der Waals surface area contributed by atoms with Crippen LogP contribution in [-0.2, 0) is 0 Å². The van der Waals surface area contributed by atoms with E-state index in [4.69, 9.17) is 0 Å². The van der Waals surface area contributed by atoms with E-state index in [0.717, 1.165) is 38.9 Å². The smallest absolute Gasteiger partial charge is 0.181 e. The van der Waals surface area contributed by atoms with Crippen LogP contribution in [0.15, 0.2) is 61.2 Å². The van der Waals surface area contributed by atoms with Gasteiger partial charge in [0.05, 0.1) is 17.1 Å². The molecule has 5 aromatic rings. The van der Waals surface area contributed by atoms with Gasteiger partial charge in [-0.15, -0.1) is 0 Å². The molecule has 2 N–H and O–H groups in total. The van der Waals surface area contributed by atoms with Gasteiger partial charge in [-0.25, -0.2) is 4.98 Å². The molecule has 0 saturated heterocycles. The second kappa shape index (κ2) is 4.99. The molecule has 6 heteroatoms. The maximum absolute atomic E-state index is 4.45. The Morgan fingerprint density at radius 1 is 0.917 bits per heavy atom. The maximum Gasteiger partial charge on any atom is 0.181 e. The number of pyridine rings is 3. The Balaban J connectivity index is 1.71. The molecule has 0 bridgehead atoms. The lowest BCUT2D eigenvalue weighted by molar-refractivity contribution is 1.10. The van der Waals surface area contributed by atoms with Crippen LogP contribution in [0, 0.1) is 0 Å². The van der Waals surface area contributed by atoms with Gasteiger partial charge in [0.1, 0.15) is 0 Å². The molecule has 0 saturated carbocycles. The summed E-state index contributed by atoms with van der Waals surface area (Å²) in [6, 6.07) is 11.9. The monoisotopic (exact) mass is 312 g/mol. The molecule has 114 valence electrons. The summed E-state index contributed by atoms with van der Waals surface area (Å²) in [6.45, 7) is 0. The molecule has 6 nitrogen and oxygen atoms in total. The predicted octanol–water partition coefficient (Wildman–Crippen LogP) is 3.56. The zero-order chi connectivity index (χ0) is 15.9. The Labute approximate surface area is 136 Å². The highest BCUT2D eigenvalue weighted by molar-refractivity contribution is 5.95. The van der Waals surface area contributed by atoms with Crippen molar-refractivity contribution in [3.8, 4) is 22.6 Å². The van der Waals surface area contributed by atoms with Gasteiger partial charge in [0.2, 0.25) is 0 Å². The zero-order valence-electron chi connectivity index (χ0n) is 12.6. The van der Waals surface area contributed by atoms with Crippen molar-refractivity contribution in [1.29, 1.82) is 0 Å². The van der Waals surface area contributed by atoms with Gasteiger partial charge in [-0.2, -0.15) is 5.10 Å². The van der Waals surface area contributed by atoms with Gasteiger partial charge in [0.15, 0.2) is 5.65 Å². The molecule has 0 atom stereocenters. The summed E-state index contributed by atoms with van der Waals surface area (Å²) >= 11 is 0. The molecule has 0 aliphatic rings. The van der Waals surface area contributed by atoms with Crippen LogP contribution in [0.4, 0.5) is 0 Å². The molecule has 5 aromatic heterocycles. The van der Waals surface area contributed by atoms with Crippen molar-refractivity contribution in [2.45, 2.75) is 0 Å². The van der Waals surface area contributed by atoms with Gasteiger partial charge in [-0.05, 0) is 30.3 Å². The lowest BCUT2D eigenvalue weighted by atomic mass is 10.1. The molecule has 0 spiro atoms. The lowest BCUT2D eigenvalue weighted by Gasteiger charge is -2.00. The van der Waals surface area contributed by atoms with Crippen LogP contribution in [0.5, 0.6) is 0 Å². The van der Waals surface area contributed by atoms with Crippen molar-refractivity contribution < 1.29 is 0 Å². The standard InChI is InChI=1S/C18H12N6/c1-2-5-20-14(3-1)11-7-13-17(23-24-18(13)21-10-11)16-8-12-9-19-6-4-15(12)22-16/h1-10,22H,(H,21,23,24). The highest BCUT2D eigenvalue weighted by Gasteiger charge is 2.12. The van der Waals surface area contributed by atoms with Crippen molar-refractivity contribution in [2.75, 3.05) is 0 Å². The number of nitrogens with one attached hydrogen (secondary N) is 2. The van der Waals surface area contributed by atoms with Crippen molar-refractivity contribution in [2.24, 2.45) is 0 Å². The first kappa shape index (κ1) is 13.0. The fourth-order valence-electron chi connectivity index (χ4n) is 2.89. The van der Waals surface area contributed by atoms with Gasteiger partial charge in [0, 0.05) is 46.6 Å². The van der Waals surface area contributed by atoms with Crippen molar-refractivity contribution in [1.82, 2.24) is 30.1 Å². The minimum absolute atomic E-state index is 0.682. The first-order chi connectivity index (χ1) is 11.9. The Kier molecular flexibility index (Phi) is 2.69. The van der Waals surface area contributed by atoms with Crippen LogP contribution >= 0.6 is 0 Å². The van der Waals surface area contributed by atoms with Crippen LogP contribution in [-0.4, -0.2) is 30.1 Å². The van der Waals surface area contributed by atoms with E-state index in [1.54, 1.807) is 18.6 Å². The van der Waals surface area contributed by atoms with E-state index in [1.807, 2.05) is 30.5 Å². The number of hydrogen-bond donors (Lipinski definition) is 2. The van der Waals surface area contributed by atoms with Crippen LogP contribution in [0.1, 0.15) is 0 Å². The first-order valence-electron chi connectivity index (χ1n) is 7.57. The summed E-state index contributed by atoms with van der Waals surface area (Å²) in [5.41, 5.74) is 5.44. The molecule has 24 heavy (non-hydrogen) atoms. The Morgan fingerprint density at radius 2 is 1.92 bits per heavy atom. The number of H-pyrrole nitrogens is 2. The Bertz CT molecular complexity index is 1120. The van der Waals surface area contributed by atoms with E-state index in [-0.39, 0.29) is 0 Å². The maximum atomic E-state index is 4.45. The summed E-state index contributed by atoms with van der Waals surface area (Å²) in [5.74, 6) is 0.